The first-order valence-electron chi connectivity index (χ1n) is 4.11. The lowest BCUT2D eigenvalue weighted by atomic mass is 10.2. The summed E-state index contributed by atoms with van der Waals surface area (Å²) in [7, 11) is 0. The van der Waals surface area contributed by atoms with Gasteiger partial charge in [0.15, 0.2) is 0 Å². The molecule has 0 N–H and O–H groups in total. The first kappa shape index (κ1) is 11.2. The highest BCUT2D eigenvalue weighted by molar-refractivity contribution is 7.12. The van der Waals surface area contributed by atoms with Gasteiger partial charge in [-0.05, 0) is 18.6 Å². The Morgan fingerprint density at radius 3 is 2.36 bits per heavy atom. The smallest absolute Gasteiger partial charge is 0.289 e. The fraction of sp³-hybridized carbons (Fsp3) is 0.444. The van der Waals surface area contributed by atoms with Gasteiger partial charge in [0.1, 0.15) is 0 Å². The molecule has 0 atom stereocenters. The molecule has 1 aromatic heterocycles. The Morgan fingerprint density at radius 1 is 1.36 bits per heavy atom. The molecule has 0 radical (unpaired) electrons. The van der Waals surface area contributed by atoms with Crippen LogP contribution in [0.5, 0.6) is 0 Å². The Hall–Kier alpha value is -0.840. The van der Waals surface area contributed by atoms with Crippen molar-refractivity contribution in [1.82, 2.24) is 0 Å². The fourth-order valence-corrected chi connectivity index (χ4v) is 1.92. The van der Waals surface area contributed by atoms with Crippen LogP contribution in [0.1, 0.15) is 16.7 Å². The molecule has 0 aliphatic carbocycles. The maximum atomic E-state index is 11.9. The molecule has 1 rings (SSSR count). The molecule has 0 aromatic carbocycles. The number of carbonyl (C=O) groups is 1. The van der Waals surface area contributed by atoms with E-state index < -0.39 is 18.4 Å². The maximum absolute atomic E-state index is 11.9. The van der Waals surface area contributed by atoms with Gasteiger partial charge in [-0.15, -0.1) is 11.3 Å². The zero-order valence-corrected chi connectivity index (χ0v) is 8.34. The van der Waals surface area contributed by atoms with Crippen molar-refractivity contribution in [3.63, 3.8) is 0 Å². The van der Waals surface area contributed by atoms with Crippen molar-refractivity contribution in [2.45, 2.75) is 25.9 Å². The van der Waals surface area contributed by atoms with E-state index in [0.29, 0.717) is 4.88 Å². The van der Waals surface area contributed by atoms with Gasteiger partial charge >= 0.3 is 6.18 Å². The summed E-state index contributed by atoms with van der Waals surface area (Å²) in [4.78, 5) is 12.1. The Labute approximate surface area is 83.6 Å². The van der Waals surface area contributed by atoms with E-state index in [2.05, 4.69) is 0 Å². The molecule has 0 aliphatic heterocycles. The van der Waals surface area contributed by atoms with Gasteiger partial charge in [0, 0.05) is 9.75 Å². The number of carbonyl (C=O) groups excluding carboxylic acids is 1. The normalized spacial score (nSPS) is 11.7. The molecule has 0 saturated heterocycles. The van der Waals surface area contributed by atoms with Gasteiger partial charge in [0.05, 0.1) is 6.42 Å². The van der Waals surface area contributed by atoms with Crippen LogP contribution >= 0.6 is 11.3 Å². The van der Waals surface area contributed by atoms with E-state index in [1.54, 1.807) is 12.1 Å². The van der Waals surface area contributed by atoms with Crippen LogP contribution in [0.25, 0.3) is 0 Å². The molecule has 1 heterocycles. The van der Waals surface area contributed by atoms with Crippen molar-refractivity contribution in [1.29, 1.82) is 0 Å². The van der Waals surface area contributed by atoms with E-state index >= 15 is 0 Å². The van der Waals surface area contributed by atoms with Gasteiger partial charge in [-0.3, -0.25) is 4.79 Å². The SMILES string of the molecule is CCc1ccc(CC(=O)C(F)(F)F)s1. The molecule has 0 amide bonds. The average molecular weight is 222 g/mol. The second kappa shape index (κ2) is 4.13. The van der Waals surface area contributed by atoms with Crippen LogP contribution in [0.3, 0.4) is 0 Å². The van der Waals surface area contributed by atoms with Crippen LogP contribution < -0.4 is 0 Å². The van der Waals surface area contributed by atoms with Crippen molar-refractivity contribution in [3.05, 3.63) is 21.9 Å². The van der Waals surface area contributed by atoms with Gasteiger partial charge in [0.25, 0.3) is 0 Å². The summed E-state index contributed by atoms with van der Waals surface area (Å²) in [6.07, 6.45) is -4.46. The Balaban J connectivity index is 2.65. The van der Waals surface area contributed by atoms with E-state index in [-0.39, 0.29) is 0 Å². The maximum Gasteiger partial charge on any atom is 0.450 e. The summed E-state index contributed by atoms with van der Waals surface area (Å²) in [5, 5.41) is 0. The van der Waals surface area contributed by atoms with E-state index in [1.165, 1.54) is 11.3 Å². The molecule has 1 nitrogen and oxygen atoms in total. The predicted molar refractivity (Wildman–Crippen MR) is 48.5 cm³/mol. The molecule has 1 aromatic rings. The lowest BCUT2D eigenvalue weighted by Gasteiger charge is -2.02. The van der Waals surface area contributed by atoms with Crippen LogP contribution in [-0.2, 0) is 17.6 Å². The molecule has 0 fully saturated rings. The Morgan fingerprint density at radius 2 is 1.93 bits per heavy atom. The molecule has 0 spiro atoms. The van der Waals surface area contributed by atoms with Crippen LogP contribution in [0.4, 0.5) is 13.2 Å². The van der Waals surface area contributed by atoms with Gasteiger partial charge in [0.2, 0.25) is 5.78 Å². The first-order chi connectivity index (χ1) is 6.43. The summed E-state index contributed by atoms with van der Waals surface area (Å²) in [5.74, 6) is -1.68. The number of Topliss-reactive ketones (excluding diaryl/α,β-unsaturated/α-hetero) is 1. The topological polar surface area (TPSA) is 17.1 Å². The lowest BCUT2D eigenvalue weighted by molar-refractivity contribution is -0.170. The fourth-order valence-electron chi connectivity index (χ4n) is 0.966. The minimum absolute atomic E-state index is 0.476. The molecule has 0 saturated carbocycles. The number of ketones is 1. The largest absolute Gasteiger partial charge is 0.450 e. The lowest BCUT2D eigenvalue weighted by Crippen LogP contribution is -2.24. The van der Waals surface area contributed by atoms with Crippen molar-refractivity contribution < 1.29 is 18.0 Å². The molecule has 14 heavy (non-hydrogen) atoms. The summed E-state index contributed by atoms with van der Waals surface area (Å²) in [6, 6.07) is 3.33. The van der Waals surface area contributed by atoms with E-state index in [0.717, 1.165) is 11.3 Å². The quantitative estimate of drug-likeness (QED) is 0.768. The van der Waals surface area contributed by atoms with Gasteiger partial charge in [-0.1, -0.05) is 6.92 Å². The third kappa shape index (κ3) is 2.83. The molecular formula is C9H9F3OS. The third-order valence-corrected chi connectivity index (χ3v) is 2.95. The second-order valence-electron chi connectivity index (χ2n) is 2.82. The third-order valence-electron chi connectivity index (χ3n) is 1.72. The van der Waals surface area contributed by atoms with Crippen molar-refractivity contribution >= 4 is 17.1 Å². The number of rotatable bonds is 3. The van der Waals surface area contributed by atoms with Crippen LogP contribution in [0.2, 0.25) is 0 Å². The highest BCUT2D eigenvalue weighted by atomic mass is 32.1. The molecule has 0 unspecified atom stereocenters. The van der Waals surface area contributed by atoms with Crippen LogP contribution in [0, 0.1) is 0 Å². The number of hydrogen-bond donors (Lipinski definition) is 0. The van der Waals surface area contributed by atoms with Crippen LogP contribution in [-0.4, -0.2) is 12.0 Å². The number of hydrogen-bond acceptors (Lipinski definition) is 2. The standard InChI is InChI=1S/C9H9F3OS/c1-2-6-3-4-7(14-6)5-8(13)9(10,11)12/h3-4H,2,5H2,1H3. The average Bonchev–Trinajstić information content (AvgIpc) is 2.50. The zero-order valence-electron chi connectivity index (χ0n) is 7.52. The van der Waals surface area contributed by atoms with Crippen molar-refractivity contribution in [2.75, 3.05) is 0 Å². The molecule has 0 aliphatic rings. The molecule has 0 bridgehead atoms. The zero-order chi connectivity index (χ0) is 10.8. The highest BCUT2D eigenvalue weighted by Gasteiger charge is 2.37. The number of alkyl halides is 3. The van der Waals surface area contributed by atoms with E-state index in [1.807, 2.05) is 6.92 Å². The Bertz CT molecular complexity index is 327. The number of aryl methyl sites for hydroxylation is 1. The molecule has 78 valence electrons. The number of thiophene rings is 1. The summed E-state index contributed by atoms with van der Waals surface area (Å²) in [6.45, 7) is 1.92. The van der Waals surface area contributed by atoms with Gasteiger partial charge < -0.3 is 0 Å². The predicted octanol–water partition coefficient (Wildman–Crippen LogP) is 2.98. The monoisotopic (exact) mass is 222 g/mol. The molecule has 5 heteroatoms. The molecular weight excluding hydrogens is 213 g/mol. The minimum Gasteiger partial charge on any atom is -0.289 e. The summed E-state index contributed by atoms with van der Waals surface area (Å²) >= 11 is 1.26. The first-order valence-corrected chi connectivity index (χ1v) is 4.92. The second-order valence-corrected chi connectivity index (χ2v) is 4.07. The van der Waals surface area contributed by atoms with E-state index in [4.69, 9.17) is 0 Å². The highest BCUT2D eigenvalue weighted by Crippen LogP contribution is 2.23. The van der Waals surface area contributed by atoms with Crippen molar-refractivity contribution in [2.24, 2.45) is 0 Å². The summed E-state index contributed by atoms with van der Waals surface area (Å²) < 4.78 is 35.6. The van der Waals surface area contributed by atoms with Crippen molar-refractivity contribution in [3.8, 4) is 0 Å². The minimum atomic E-state index is -4.71. The number of halogens is 3. The van der Waals surface area contributed by atoms with E-state index in [9.17, 15) is 18.0 Å². The summed E-state index contributed by atoms with van der Waals surface area (Å²) in [5.41, 5.74) is 0. The van der Waals surface area contributed by atoms with Gasteiger partial charge in [-0.25, -0.2) is 0 Å². The van der Waals surface area contributed by atoms with Gasteiger partial charge in [-0.2, -0.15) is 13.2 Å². The Kier molecular flexibility index (Phi) is 3.31. The van der Waals surface area contributed by atoms with Crippen LogP contribution in [0.15, 0.2) is 12.1 Å².